The molecular weight excluding hydrogens is 366 g/mol. The van der Waals surface area contributed by atoms with Gasteiger partial charge in [-0.1, -0.05) is 30.3 Å². The van der Waals surface area contributed by atoms with E-state index >= 15 is 0 Å². The van der Waals surface area contributed by atoms with Gasteiger partial charge in [0.25, 0.3) is 5.91 Å². The van der Waals surface area contributed by atoms with Gasteiger partial charge in [-0.25, -0.2) is 0 Å². The summed E-state index contributed by atoms with van der Waals surface area (Å²) in [6.45, 7) is 1.97. The third-order valence-electron chi connectivity index (χ3n) is 4.67. The van der Waals surface area contributed by atoms with Crippen LogP contribution in [0.3, 0.4) is 0 Å². The first kappa shape index (κ1) is 21.0. The maximum absolute atomic E-state index is 12.5. The zero-order chi connectivity index (χ0) is 18.4. The lowest BCUT2D eigenvalue weighted by molar-refractivity contribution is -0.137. The molecule has 2 amide bonds. The molecule has 0 bridgehead atoms. The Kier molecular flexibility index (Phi) is 7.88. The van der Waals surface area contributed by atoms with Gasteiger partial charge in [-0.05, 0) is 35.7 Å². The Hall–Kier alpha value is -2.31. The number of hydrogen-bond donors (Lipinski definition) is 2. The topological polar surface area (TPSA) is 84.7 Å². The predicted molar refractivity (Wildman–Crippen MR) is 108 cm³/mol. The number of benzene rings is 2. The molecule has 1 atom stereocenters. The molecule has 3 rings (SSSR count). The van der Waals surface area contributed by atoms with E-state index in [0.29, 0.717) is 31.9 Å². The summed E-state index contributed by atoms with van der Waals surface area (Å²) in [5, 5.41) is 5.01. The Balaban J connectivity index is 0.00000261. The van der Waals surface area contributed by atoms with E-state index in [1.807, 2.05) is 42.5 Å². The van der Waals surface area contributed by atoms with Crippen molar-refractivity contribution in [2.24, 2.45) is 11.7 Å². The zero-order valence-corrected chi connectivity index (χ0v) is 16.0. The van der Waals surface area contributed by atoms with Crippen molar-refractivity contribution in [3.63, 3.8) is 0 Å². The van der Waals surface area contributed by atoms with Crippen molar-refractivity contribution >= 4 is 35.0 Å². The second-order valence-electron chi connectivity index (χ2n) is 6.56. The fourth-order valence-electron chi connectivity index (χ4n) is 3.25. The van der Waals surface area contributed by atoms with Crippen molar-refractivity contribution in [1.29, 1.82) is 0 Å². The van der Waals surface area contributed by atoms with Crippen molar-refractivity contribution in [3.05, 3.63) is 42.5 Å². The summed E-state index contributed by atoms with van der Waals surface area (Å²) >= 11 is 0. The van der Waals surface area contributed by atoms with Crippen molar-refractivity contribution in [2.75, 3.05) is 32.8 Å². The van der Waals surface area contributed by atoms with Crippen LogP contribution >= 0.6 is 12.4 Å². The largest absolute Gasteiger partial charge is 0.484 e. The van der Waals surface area contributed by atoms with Gasteiger partial charge in [0.1, 0.15) is 5.75 Å². The number of ether oxygens (including phenoxy) is 1. The van der Waals surface area contributed by atoms with Crippen LogP contribution in [-0.2, 0) is 9.59 Å². The minimum Gasteiger partial charge on any atom is -0.484 e. The van der Waals surface area contributed by atoms with Gasteiger partial charge < -0.3 is 20.7 Å². The van der Waals surface area contributed by atoms with E-state index in [0.717, 1.165) is 23.6 Å². The van der Waals surface area contributed by atoms with Gasteiger partial charge >= 0.3 is 0 Å². The molecular formula is C20H26ClN3O3. The average Bonchev–Trinajstić information content (AvgIpc) is 2.70. The lowest BCUT2D eigenvalue weighted by Gasteiger charge is -2.32. The van der Waals surface area contributed by atoms with Gasteiger partial charge in [0.2, 0.25) is 5.91 Å². The van der Waals surface area contributed by atoms with Gasteiger partial charge in [-0.2, -0.15) is 0 Å². The SMILES string of the molecule is Cl.NCCNC(=O)C1CCCN(C(=O)COc2ccc3ccccc3c2)C1. The first-order valence-corrected chi connectivity index (χ1v) is 9.04. The molecule has 146 valence electrons. The number of carbonyl (C=O) groups excluding carboxylic acids is 2. The molecule has 1 aliphatic heterocycles. The van der Waals surface area contributed by atoms with Crippen LogP contribution in [0, 0.1) is 5.92 Å². The fourth-order valence-corrected chi connectivity index (χ4v) is 3.25. The Morgan fingerprint density at radius 2 is 1.96 bits per heavy atom. The Morgan fingerprint density at radius 3 is 2.74 bits per heavy atom. The summed E-state index contributed by atoms with van der Waals surface area (Å²) in [5.41, 5.74) is 5.42. The number of likely N-dealkylation sites (tertiary alicyclic amines) is 1. The first-order valence-electron chi connectivity index (χ1n) is 9.04. The summed E-state index contributed by atoms with van der Waals surface area (Å²) in [7, 11) is 0. The summed E-state index contributed by atoms with van der Waals surface area (Å²) in [4.78, 5) is 26.3. The van der Waals surface area contributed by atoms with Gasteiger partial charge in [-0.3, -0.25) is 9.59 Å². The van der Waals surface area contributed by atoms with Crippen LogP contribution in [0.25, 0.3) is 10.8 Å². The summed E-state index contributed by atoms with van der Waals surface area (Å²) in [5.74, 6) is 0.393. The quantitative estimate of drug-likeness (QED) is 0.788. The number of rotatable bonds is 6. The molecule has 0 aromatic heterocycles. The number of nitrogens with zero attached hydrogens (tertiary/aromatic N) is 1. The molecule has 3 N–H and O–H groups in total. The number of piperidine rings is 1. The highest BCUT2D eigenvalue weighted by atomic mass is 35.5. The van der Waals surface area contributed by atoms with Gasteiger partial charge in [0, 0.05) is 26.2 Å². The van der Waals surface area contributed by atoms with E-state index in [4.69, 9.17) is 10.5 Å². The Morgan fingerprint density at radius 1 is 1.19 bits per heavy atom. The molecule has 2 aromatic rings. The minimum absolute atomic E-state index is 0. The molecule has 2 aromatic carbocycles. The standard InChI is InChI=1S/C20H25N3O3.ClH/c21-9-10-22-20(25)17-6-3-11-23(13-17)19(24)14-26-18-8-7-15-4-1-2-5-16(15)12-18;/h1-2,4-5,7-8,12,17H,3,6,9-11,13-14,21H2,(H,22,25);1H. The third-order valence-corrected chi connectivity index (χ3v) is 4.67. The molecule has 0 spiro atoms. The lowest BCUT2D eigenvalue weighted by atomic mass is 9.97. The number of amides is 2. The minimum atomic E-state index is -0.167. The number of fused-ring (bicyclic) bond motifs is 1. The number of hydrogen-bond acceptors (Lipinski definition) is 4. The summed E-state index contributed by atoms with van der Waals surface area (Å²) in [6, 6.07) is 13.8. The Bertz CT molecular complexity index is 784. The van der Waals surface area contributed by atoms with E-state index in [1.54, 1.807) is 4.90 Å². The van der Waals surface area contributed by atoms with E-state index in [2.05, 4.69) is 5.32 Å². The normalized spacial score (nSPS) is 16.5. The highest BCUT2D eigenvalue weighted by molar-refractivity contribution is 5.85. The van der Waals surface area contributed by atoms with Crippen molar-refractivity contribution in [3.8, 4) is 5.75 Å². The maximum Gasteiger partial charge on any atom is 0.260 e. The number of nitrogens with two attached hydrogens (primary N) is 1. The molecule has 27 heavy (non-hydrogen) atoms. The van der Waals surface area contributed by atoms with Gasteiger partial charge in [-0.15, -0.1) is 12.4 Å². The molecule has 0 saturated carbocycles. The van der Waals surface area contributed by atoms with Crippen molar-refractivity contribution in [2.45, 2.75) is 12.8 Å². The smallest absolute Gasteiger partial charge is 0.260 e. The molecule has 1 heterocycles. The molecule has 6 nitrogen and oxygen atoms in total. The van der Waals surface area contributed by atoms with Crippen LogP contribution in [0.2, 0.25) is 0 Å². The van der Waals surface area contributed by atoms with Crippen LogP contribution in [0.15, 0.2) is 42.5 Å². The molecule has 0 radical (unpaired) electrons. The van der Waals surface area contributed by atoms with Gasteiger partial charge in [0.15, 0.2) is 6.61 Å². The van der Waals surface area contributed by atoms with E-state index in [1.165, 1.54) is 0 Å². The van der Waals surface area contributed by atoms with Crippen molar-refractivity contribution < 1.29 is 14.3 Å². The fraction of sp³-hybridized carbons (Fsp3) is 0.400. The van der Waals surface area contributed by atoms with Crippen LogP contribution < -0.4 is 15.8 Å². The zero-order valence-electron chi connectivity index (χ0n) is 15.2. The van der Waals surface area contributed by atoms with Crippen LogP contribution in [0.4, 0.5) is 0 Å². The molecule has 0 aliphatic carbocycles. The monoisotopic (exact) mass is 391 g/mol. The lowest BCUT2D eigenvalue weighted by Crippen LogP contribution is -2.47. The molecule has 7 heteroatoms. The number of nitrogens with one attached hydrogen (secondary N) is 1. The van der Waals surface area contributed by atoms with E-state index < -0.39 is 0 Å². The number of halogens is 1. The number of carbonyl (C=O) groups is 2. The molecule has 1 fully saturated rings. The van der Waals surface area contributed by atoms with Crippen LogP contribution in [0.1, 0.15) is 12.8 Å². The maximum atomic E-state index is 12.5. The highest BCUT2D eigenvalue weighted by Crippen LogP contribution is 2.21. The van der Waals surface area contributed by atoms with Crippen LogP contribution in [0.5, 0.6) is 5.75 Å². The van der Waals surface area contributed by atoms with E-state index in [-0.39, 0.29) is 36.7 Å². The second-order valence-corrected chi connectivity index (χ2v) is 6.56. The molecule has 1 unspecified atom stereocenters. The third kappa shape index (κ3) is 5.58. The van der Waals surface area contributed by atoms with Crippen molar-refractivity contribution in [1.82, 2.24) is 10.2 Å². The first-order chi connectivity index (χ1) is 12.7. The average molecular weight is 392 g/mol. The van der Waals surface area contributed by atoms with Crippen LogP contribution in [-0.4, -0.2) is 49.5 Å². The second kappa shape index (κ2) is 10.1. The summed E-state index contributed by atoms with van der Waals surface area (Å²) in [6.07, 6.45) is 1.62. The summed E-state index contributed by atoms with van der Waals surface area (Å²) < 4.78 is 5.68. The Labute approximate surface area is 165 Å². The highest BCUT2D eigenvalue weighted by Gasteiger charge is 2.28. The molecule has 1 saturated heterocycles. The predicted octanol–water partition coefficient (Wildman–Crippen LogP) is 1.95. The van der Waals surface area contributed by atoms with Gasteiger partial charge in [0.05, 0.1) is 5.92 Å². The van der Waals surface area contributed by atoms with E-state index in [9.17, 15) is 9.59 Å². The molecule has 1 aliphatic rings.